The number of alkyl halides is 3. The fraction of sp³-hybridized carbons (Fsp3) is 0.194. The summed E-state index contributed by atoms with van der Waals surface area (Å²) in [6.07, 6.45) is -2.75. The molecule has 270 valence electrons. The highest BCUT2D eigenvalue weighted by molar-refractivity contribution is 6.33. The topological polar surface area (TPSA) is 131 Å². The predicted octanol–water partition coefficient (Wildman–Crippen LogP) is 6.50. The van der Waals surface area contributed by atoms with Crippen LogP contribution in [0.25, 0.3) is 5.69 Å². The standard InChI is InChI=1S/C36H24Cl3F3N6O5/c37-20-8-6-18(7-9-20)35-25(31(50)47(32(35)51)44-30-26(39)14-19(17-43-30)36(40,41)42)16-27-23(29(35)24-15-21(38)10-11-28(24)49)12-13-45-33(52)46(34(53)48(27)45)22-4-2-1-3-5-22/h1-12,14-15,17,25,27,29,49H,13,16H2,(H,43,44). The zero-order valence-electron chi connectivity index (χ0n) is 26.9. The average molecular weight is 784 g/mol. The van der Waals surface area contributed by atoms with Crippen molar-refractivity contribution in [3.05, 3.63) is 149 Å². The van der Waals surface area contributed by atoms with Gasteiger partial charge >= 0.3 is 17.6 Å². The van der Waals surface area contributed by atoms with Gasteiger partial charge in [0, 0.05) is 27.7 Å². The van der Waals surface area contributed by atoms with Crippen molar-refractivity contribution in [3.63, 3.8) is 0 Å². The van der Waals surface area contributed by atoms with Crippen molar-refractivity contribution < 1.29 is 27.9 Å². The molecule has 3 aromatic carbocycles. The summed E-state index contributed by atoms with van der Waals surface area (Å²) >= 11 is 19.0. The Morgan fingerprint density at radius 2 is 1.58 bits per heavy atom. The Morgan fingerprint density at radius 3 is 2.26 bits per heavy atom. The maximum atomic E-state index is 15.2. The van der Waals surface area contributed by atoms with Gasteiger partial charge in [-0.05, 0) is 66.1 Å². The number of aromatic hydroxyl groups is 1. The van der Waals surface area contributed by atoms with E-state index in [2.05, 4.69) is 10.4 Å². The molecule has 2 N–H and O–H groups in total. The Hall–Kier alpha value is -5.31. The summed E-state index contributed by atoms with van der Waals surface area (Å²) in [6.45, 7) is -0.103. The highest BCUT2D eigenvalue weighted by Crippen LogP contribution is 2.63. The molecular formula is C36H24Cl3F3N6O5. The Labute approximate surface area is 312 Å². The van der Waals surface area contributed by atoms with Crippen LogP contribution in [0.2, 0.25) is 15.1 Å². The van der Waals surface area contributed by atoms with Gasteiger partial charge in [0.25, 0.3) is 11.8 Å². The molecular weight excluding hydrogens is 760 g/mol. The fourth-order valence-corrected chi connectivity index (χ4v) is 8.46. The van der Waals surface area contributed by atoms with Gasteiger partial charge in [0.1, 0.15) is 5.75 Å². The second-order valence-corrected chi connectivity index (χ2v) is 14.1. The number of carbonyl (C=O) groups is 2. The van der Waals surface area contributed by atoms with E-state index in [4.69, 9.17) is 34.8 Å². The molecule has 2 fully saturated rings. The van der Waals surface area contributed by atoms with Gasteiger partial charge in [0.2, 0.25) is 0 Å². The Bertz CT molecular complexity index is 2500. The van der Waals surface area contributed by atoms with Gasteiger partial charge in [-0.3, -0.25) is 15.0 Å². The molecule has 0 radical (unpaired) electrons. The third-order valence-corrected chi connectivity index (χ3v) is 10.9. The maximum absolute atomic E-state index is 15.2. The number of phenols is 1. The van der Waals surface area contributed by atoms with E-state index >= 15 is 4.79 Å². The van der Waals surface area contributed by atoms with E-state index in [0.717, 1.165) is 4.57 Å². The van der Waals surface area contributed by atoms with Crippen molar-refractivity contribution in [1.82, 2.24) is 23.9 Å². The Balaban J connectivity index is 1.37. The number of amides is 2. The number of pyridine rings is 1. The third-order valence-electron chi connectivity index (χ3n) is 10.1. The van der Waals surface area contributed by atoms with E-state index < -0.39 is 69.1 Å². The molecule has 2 amide bonds. The highest BCUT2D eigenvalue weighted by Gasteiger charge is 2.69. The number of imide groups is 1. The zero-order valence-corrected chi connectivity index (χ0v) is 29.2. The van der Waals surface area contributed by atoms with E-state index in [-0.39, 0.29) is 29.3 Å². The summed E-state index contributed by atoms with van der Waals surface area (Å²) in [4.78, 5) is 61.7. The van der Waals surface area contributed by atoms with Gasteiger partial charge in [-0.25, -0.2) is 28.5 Å². The number of halogens is 6. The SMILES string of the molecule is O=C1C2CC3C(=CCn4c(=O)n(-c5ccccc5)c(=O)n43)C(c3cc(Cl)ccc3O)C2(c2ccc(Cl)cc2)C(=O)N1Nc1ncc(C(F)(F)F)cc1Cl. The summed E-state index contributed by atoms with van der Waals surface area (Å²) in [5.41, 5.74) is -0.579. The smallest absolute Gasteiger partial charge is 0.417 e. The summed E-state index contributed by atoms with van der Waals surface area (Å²) in [5.74, 6) is -4.87. The molecule has 2 aromatic heterocycles. The molecule has 0 bridgehead atoms. The quantitative estimate of drug-likeness (QED) is 0.154. The average Bonchev–Trinajstić information content (AvgIpc) is 3.51. The van der Waals surface area contributed by atoms with Gasteiger partial charge in [-0.15, -0.1) is 0 Å². The number of aromatic nitrogens is 4. The first-order valence-electron chi connectivity index (χ1n) is 16.1. The molecule has 2 aliphatic heterocycles. The Kier molecular flexibility index (Phi) is 8.13. The molecule has 3 aliphatic rings. The van der Waals surface area contributed by atoms with Gasteiger partial charge < -0.3 is 5.11 Å². The van der Waals surface area contributed by atoms with Crippen LogP contribution in [0.4, 0.5) is 19.0 Å². The number of fused-ring (bicyclic) bond motifs is 4. The van der Waals surface area contributed by atoms with Crippen LogP contribution in [0.15, 0.2) is 106 Å². The molecule has 0 spiro atoms. The number of nitrogens with one attached hydrogen (secondary N) is 1. The van der Waals surface area contributed by atoms with Crippen molar-refractivity contribution in [2.45, 2.75) is 36.5 Å². The van der Waals surface area contributed by atoms with E-state index in [9.17, 15) is 32.7 Å². The molecule has 4 atom stereocenters. The largest absolute Gasteiger partial charge is 0.508 e. The number of para-hydroxylation sites is 1. The number of hydrazine groups is 1. The van der Waals surface area contributed by atoms with Crippen molar-refractivity contribution >= 4 is 52.4 Å². The third kappa shape index (κ3) is 5.22. The van der Waals surface area contributed by atoms with Crippen LogP contribution in [0.5, 0.6) is 5.75 Å². The molecule has 1 aliphatic carbocycles. The molecule has 1 saturated heterocycles. The van der Waals surface area contributed by atoms with Gasteiger partial charge in [-0.2, -0.15) is 18.2 Å². The van der Waals surface area contributed by atoms with Crippen LogP contribution in [0.3, 0.4) is 0 Å². The minimum absolute atomic E-state index is 0.103. The summed E-state index contributed by atoms with van der Waals surface area (Å²) in [5, 5.41) is 12.1. The minimum Gasteiger partial charge on any atom is -0.508 e. The van der Waals surface area contributed by atoms with E-state index in [0.29, 0.717) is 39.1 Å². The highest BCUT2D eigenvalue weighted by atomic mass is 35.5. The summed E-state index contributed by atoms with van der Waals surface area (Å²) in [7, 11) is 0. The lowest BCUT2D eigenvalue weighted by Gasteiger charge is -2.49. The molecule has 53 heavy (non-hydrogen) atoms. The first-order valence-corrected chi connectivity index (χ1v) is 17.2. The van der Waals surface area contributed by atoms with E-state index in [1.807, 2.05) is 0 Å². The predicted molar refractivity (Wildman–Crippen MR) is 188 cm³/mol. The van der Waals surface area contributed by atoms with Crippen LogP contribution >= 0.6 is 34.8 Å². The lowest BCUT2D eigenvalue weighted by atomic mass is 9.53. The van der Waals surface area contributed by atoms with Crippen LogP contribution in [0, 0.1) is 5.92 Å². The number of anilines is 1. The summed E-state index contributed by atoms with van der Waals surface area (Å²) in [6, 6.07) is 18.3. The first kappa shape index (κ1) is 34.8. The van der Waals surface area contributed by atoms with Crippen LogP contribution < -0.4 is 16.8 Å². The second-order valence-electron chi connectivity index (χ2n) is 12.8. The van der Waals surface area contributed by atoms with Crippen molar-refractivity contribution in [1.29, 1.82) is 0 Å². The molecule has 4 unspecified atom stereocenters. The Morgan fingerprint density at radius 1 is 0.887 bits per heavy atom. The summed E-state index contributed by atoms with van der Waals surface area (Å²) < 4.78 is 43.8. The monoisotopic (exact) mass is 782 g/mol. The lowest BCUT2D eigenvalue weighted by molar-refractivity contribution is -0.139. The van der Waals surface area contributed by atoms with Crippen molar-refractivity contribution in [2.24, 2.45) is 5.92 Å². The van der Waals surface area contributed by atoms with Crippen LogP contribution in [-0.4, -0.2) is 40.8 Å². The number of hydrogen-bond acceptors (Lipinski definition) is 7. The molecule has 4 heterocycles. The van der Waals surface area contributed by atoms with E-state index in [1.54, 1.807) is 48.5 Å². The number of benzene rings is 3. The van der Waals surface area contributed by atoms with Gasteiger partial charge in [-0.1, -0.05) is 71.2 Å². The van der Waals surface area contributed by atoms with Gasteiger partial charge in [0.05, 0.1) is 40.2 Å². The number of allylic oxidation sites excluding steroid dienone is 2. The van der Waals surface area contributed by atoms with Crippen LogP contribution in [0.1, 0.15) is 35.1 Å². The molecule has 5 aromatic rings. The van der Waals surface area contributed by atoms with Crippen LogP contribution in [-0.2, 0) is 27.7 Å². The number of hydrogen-bond donors (Lipinski definition) is 2. The first-order chi connectivity index (χ1) is 25.2. The number of carbonyl (C=O) groups excluding carboxylic acids is 2. The second kappa shape index (κ2) is 12.4. The maximum Gasteiger partial charge on any atom is 0.417 e. The molecule has 8 rings (SSSR count). The fourth-order valence-electron chi connectivity index (χ4n) is 7.94. The zero-order chi connectivity index (χ0) is 37.6. The lowest BCUT2D eigenvalue weighted by Crippen LogP contribution is -2.53. The molecule has 1 saturated carbocycles. The van der Waals surface area contributed by atoms with Crippen molar-refractivity contribution in [2.75, 3.05) is 5.43 Å². The van der Waals surface area contributed by atoms with Gasteiger partial charge in [0.15, 0.2) is 5.82 Å². The molecule has 17 heteroatoms. The number of rotatable bonds is 5. The minimum atomic E-state index is -4.77. The number of nitrogens with zero attached hydrogens (tertiary/aromatic N) is 5. The molecule has 11 nitrogen and oxygen atoms in total. The van der Waals surface area contributed by atoms with E-state index in [1.165, 1.54) is 39.7 Å². The van der Waals surface area contributed by atoms with Crippen molar-refractivity contribution in [3.8, 4) is 11.4 Å². The number of phenolic OH excluding ortho intramolecular Hbond substituents is 1. The normalized spacial score (nSPS) is 22.3.